The zero-order valence-corrected chi connectivity index (χ0v) is 16.7. The molecule has 3 aromatic rings. The molecule has 3 aromatic carbocycles. The normalized spacial score (nSPS) is 16.2. The van der Waals surface area contributed by atoms with Gasteiger partial charge in [0.25, 0.3) is 0 Å². The summed E-state index contributed by atoms with van der Waals surface area (Å²) in [5.74, 6) is -0.557. The van der Waals surface area contributed by atoms with Crippen molar-refractivity contribution in [2.75, 3.05) is 16.8 Å². The first-order valence-corrected chi connectivity index (χ1v) is 9.93. The van der Waals surface area contributed by atoms with Gasteiger partial charge in [-0.1, -0.05) is 60.7 Å². The molecule has 0 spiro atoms. The summed E-state index contributed by atoms with van der Waals surface area (Å²) >= 11 is 3.49. The van der Waals surface area contributed by atoms with Crippen LogP contribution >= 0.6 is 15.9 Å². The summed E-state index contributed by atoms with van der Waals surface area (Å²) in [6.45, 7) is 0.376. The number of rotatable bonds is 4. The van der Waals surface area contributed by atoms with Gasteiger partial charge in [0.2, 0.25) is 11.8 Å². The molecule has 28 heavy (non-hydrogen) atoms. The number of halogens is 1. The number of benzene rings is 3. The van der Waals surface area contributed by atoms with E-state index in [1.54, 1.807) is 4.90 Å². The lowest BCUT2D eigenvalue weighted by atomic mass is 10.0. The Hall–Kier alpha value is -2.92. The molecule has 4 rings (SSSR count). The molecular weight excluding hydrogens is 416 g/mol. The van der Waals surface area contributed by atoms with Gasteiger partial charge in [0.1, 0.15) is 0 Å². The van der Waals surface area contributed by atoms with Crippen LogP contribution in [0.5, 0.6) is 0 Å². The molecule has 0 bridgehead atoms. The maximum absolute atomic E-state index is 12.9. The Morgan fingerprint density at radius 3 is 2.39 bits per heavy atom. The minimum atomic E-state index is -0.386. The number of anilines is 2. The van der Waals surface area contributed by atoms with Crippen LogP contribution in [-0.4, -0.2) is 18.4 Å². The van der Waals surface area contributed by atoms with Crippen LogP contribution in [0.4, 0.5) is 11.4 Å². The van der Waals surface area contributed by atoms with Gasteiger partial charge in [-0.3, -0.25) is 9.59 Å². The number of nitrogens with zero attached hydrogens (tertiary/aromatic N) is 1. The number of para-hydroxylation sites is 2. The summed E-state index contributed by atoms with van der Waals surface area (Å²) in [5.41, 5.74) is 3.55. The quantitative estimate of drug-likeness (QED) is 0.620. The average molecular weight is 435 g/mol. The molecule has 1 atom stereocenters. The van der Waals surface area contributed by atoms with Gasteiger partial charge >= 0.3 is 0 Å². The molecule has 0 aromatic heterocycles. The fourth-order valence-electron chi connectivity index (χ4n) is 3.48. The van der Waals surface area contributed by atoms with Crippen molar-refractivity contribution < 1.29 is 9.59 Å². The third-order valence-corrected chi connectivity index (χ3v) is 5.58. The molecule has 1 heterocycles. The standard InChI is InChI=1S/C23H19BrN2O2/c24-19-11-5-7-13-21(19)26-15-17(14-22(26)27)23(28)25-20-12-6-4-10-18(20)16-8-2-1-3-9-16/h1-13,17H,14-15H2,(H,25,28). The minimum Gasteiger partial charge on any atom is -0.325 e. The number of hydrogen-bond acceptors (Lipinski definition) is 2. The molecule has 0 radical (unpaired) electrons. The molecule has 1 fully saturated rings. The molecular formula is C23H19BrN2O2. The highest BCUT2D eigenvalue weighted by Crippen LogP contribution is 2.33. The molecule has 1 aliphatic heterocycles. The zero-order valence-electron chi connectivity index (χ0n) is 15.1. The van der Waals surface area contributed by atoms with Gasteiger partial charge in [0, 0.05) is 28.7 Å². The summed E-state index contributed by atoms with van der Waals surface area (Å²) in [5, 5.41) is 3.03. The second-order valence-electron chi connectivity index (χ2n) is 6.76. The number of amides is 2. The van der Waals surface area contributed by atoms with E-state index in [0.717, 1.165) is 27.0 Å². The van der Waals surface area contributed by atoms with Crippen LogP contribution in [-0.2, 0) is 9.59 Å². The Morgan fingerprint density at radius 2 is 1.61 bits per heavy atom. The van der Waals surface area contributed by atoms with Crippen molar-refractivity contribution in [2.45, 2.75) is 6.42 Å². The summed E-state index contributed by atoms with van der Waals surface area (Å²) in [6.07, 6.45) is 0.209. The van der Waals surface area contributed by atoms with Crippen molar-refractivity contribution in [2.24, 2.45) is 5.92 Å². The lowest BCUT2D eigenvalue weighted by Crippen LogP contribution is -2.28. The van der Waals surface area contributed by atoms with E-state index in [9.17, 15) is 9.59 Å². The van der Waals surface area contributed by atoms with E-state index in [0.29, 0.717) is 6.54 Å². The molecule has 140 valence electrons. The second kappa shape index (κ2) is 7.98. The van der Waals surface area contributed by atoms with Crippen LogP contribution in [0.25, 0.3) is 11.1 Å². The molecule has 1 N–H and O–H groups in total. The van der Waals surface area contributed by atoms with E-state index < -0.39 is 0 Å². The first-order chi connectivity index (χ1) is 13.6. The molecule has 0 saturated carbocycles. The molecule has 4 nitrogen and oxygen atoms in total. The van der Waals surface area contributed by atoms with Crippen molar-refractivity contribution in [3.8, 4) is 11.1 Å². The predicted octanol–water partition coefficient (Wildman–Crippen LogP) is 5.11. The van der Waals surface area contributed by atoms with Crippen molar-refractivity contribution in [3.63, 3.8) is 0 Å². The molecule has 1 saturated heterocycles. The predicted molar refractivity (Wildman–Crippen MR) is 115 cm³/mol. The summed E-state index contributed by atoms with van der Waals surface area (Å²) in [7, 11) is 0. The van der Waals surface area contributed by atoms with Crippen LogP contribution < -0.4 is 10.2 Å². The summed E-state index contributed by atoms with van der Waals surface area (Å²) < 4.78 is 0.846. The molecule has 1 aliphatic rings. The molecule has 2 amide bonds. The summed E-state index contributed by atoms with van der Waals surface area (Å²) in [6, 6.07) is 25.2. The third-order valence-electron chi connectivity index (χ3n) is 4.91. The minimum absolute atomic E-state index is 0.0385. The zero-order chi connectivity index (χ0) is 19.5. The monoisotopic (exact) mass is 434 g/mol. The Balaban J connectivity index is 1.53. The highest BCUT2D eigenvalue weighted by Gasteiger charge is 2.36. The van der Waals surface area contributed by atoms with Crippen LogP contribution in [0.15, 0.2) is 83.3 Å². The summed E-state index contributed by atoms with van der Waals surface area (Å²) in [4.78, 5) is 27.1. The third kappa shape index (κ3) is 3.71. The van der Waals surface area contributed by atoms with Crippen molar-refractivity contribution in [1.82, 2.24) is 0 Å². The Bertz CT molecular complexity index is 1020. The number of hydrogen-bond donors (Lipinski definition) is 1. The number of nitrogens with one attached hydrogen (secondary N) is 1. The Morgan fingerprint density at radius 1 is 0.929 bits per heavy atom. The van der Waals surface area contributed by atoms with E-state index in [-0.39, 0.29) is 24.2 Å². The van der Waals surface area contributed by atoms with E-state index in [1.807, 2.05) is 78.9 Å². The van der Waals surface area contributed by atoms with Crippen LogP contribution in [0.2, 0.25) is 0 Å². The Kier molecular flexibility index (Phi) is 5.26. The van der Waals surface area contributed by atoms with E-state index in [1.165, 1.54) is 0 Å². The molecule has 1 unspecified atom stereocenters. The van der Waals surface area contributed by atoms with Crippen LogP contribution in [0, 0.1) is 5.92 Å². The van der Waals surface area contributed by atoms with Gasteiger partial charge in [-0.05, 0) is 39.7 Å². The van der Waals surface area contributed by atoms with Crippen molar-refractivity contribution in [1.29, 1.82) is 0 Å². The highest BCUT2D eigenvalue weighted by atomic mass is 79.9. The largest absolute Gasteiger partial charge is 0.325 e. The van der Waals surface area contributed by atoms with Crippen molar-refractivity contribution in [3.05, 3.63) is 83.3 Å². The van der Waals surface area contributed by atoms with Gasteiger partial charge < -0.3 is 10.2 Å². The average Bonchev–Trinajstić information content (AvgIpc) is 3.11. The first-order valence-electron chi connectivity index (χ1n) is 9.13. The van der Waals surface area contributed by atoms with Crippen molar-refractivity contribution >= 4 is 39.1 Å². The van der Waals surface area contributed by atoms with Gasteiger partial charge in [0.15, 0.2) is 0 Å². The number of carbonyl (C=O) groups is 2. The smallest absolute Gasteiger partial charge is 0.229 e. The fraction of sp³-hybridized carbons (Fsp3) is 0.130. The molecule has 5 heteroatoms. The maximum Gasteiger partial charge on any atom is 0.229 e. The maximum atomic E-state index is 12.9. The SMILES string of the molecule is O=C(Nc1ccccc1-c1ccccc1)C1CC(=O)N(c2ccccc2Br)C1. The van der Waals surface area contributed by atoms with Gasteiger partial charge in [-0.15, -0.1) is 0 Å². The van der Waals surface area contributed by atoms with Gasteiger partial charge in [-0.2, -0.15) is 0 Å². The topological polar surface area (TPSA) is 49.4 Å². The van der Waals surface area contributed by atoms with E-state index in [4.69, 9.17) is 0 Å². The van der Waals surface area contributed by atoms with Crippen LogP contribution in [0.3, 0.4) is 0 Å². The van der Waals surface area contributed by atoms with E-state index in [2.05, 4.69) is 21.2 Å². The van der Waals surface area contributed by atoms with Crippen LogP contribution in [0.1, 0.15) is 6.42 Å². The fourth-order valence-corrected chi connectivity index (χ4v) is 3.98. The highest BCUT2D eigenvalue weighted by molar-refractivity contribution is 9.10. The Labute approximate surface area is 172 Å². The second-order valence-corrected chi connectivity index (χ2v) is 7.61. The van der Waals surface area contributed by atoms with Gasteiger partial charge in [-0.25, -0.2) is 0 Å². The molecule has 0 aliphatic carbocycles. The van der Waals surface area contributed by atoms with Gasteiger partial charge in [0.05, 0.1) is 11.6 Å². The lowest BCUT2D eigenvalue weighted by molar-refractivity contribution is -0.122. The lowest BCUT2D eigenvalue weighted by Gasteiger charge is -2.18. The first kappa shape index (κ1) is 18.4. The van der Waals surface area contributed by atoms with E-state index >= 15 is 0 Å². The number of carbonyl (C=O) groups excluding carboxylic acids is 2.